The van der Waals surface area contributed by atoms with Crippen molar-refractivity contribution in [1.82, 2.24) is 0 Å². The molecule has 6 nitrogen and oxygen atoms in total. The van der Waals surface area contributed by atoms with E-state index in [0.29, 0.717) is 17.1 Å². The molecular formula is C12H14O6. The van der Waals surface area contributed by atoms with E-state index >= 15 is 0 Å². The molecule has 0 aliphatic carbocycles. The summed E-state index contributed by atoms with van der Waals surface area (Å²) in [5.74, 6) is -3.86. The van der Waals surface area contributed by atoms with Crippen LogP contribution in [-0.2, 0) is 4.79 Å². The minimum absolute atomic E-state index is 0.373. The number of carboxylic acid groups (broad SMARTS) is 1. The van der Waals surface area contributed by atoms with Gasteiger partial charge in [-0.15, -0.1) is 0 Å². The van der Waals surface area contributed by atoms with E-state index in [9.17, 15) is 4.79 Å². The number of aliphatic carboxylic acids is 1. The molecule has 98 valence electrons. The van der Waals surface area contributed by atoms with E-state index in [4.69, 9.17) is 24.8 Å². The predicted octanol–water partition coefficient (Wildman–Crippen LogP) is 0.482. The van der Waals surface area contributed by atoms with Gasteiger partial charge in [0, 0.05) is 5.56 Å². The highest BCUT2D eigenvalue weighted by Gasteiger charge is 2.29. The smallest absolute Gasteiger partial charge is 0.368 e. The minimum atomic E-state index is -2.92. The summed E-state index contributed by atoms with van der Waals surface area (Å²) in [4.78, 5) is 10.5. The molecule has 18 heavy (non-hydrogen) atoms. The maximum absolute atomic E-state index is 10.5. The van der Waals surface area contributed by atoms with Gasteiger partial charge >= 0.3 is 5.97 Å². The van der Waals surface area contributed by atoms with Crippen molar-refractivity contribution >= 4 is 12.0 Å². The molecule has 0 spiro atoms. The number of methoxy groups -OCH3 is 2. The van der Waals surface area contributed by atoms with E-state index in [-0.39, 0.29) is 0 Å². The molecule has 0 bridgehead atoms. The Morgan fingerprint density at radius 3 is 2.44 bits per heavy atom. The summed E-state index contributed by atoms with van der Waals surface area (Å²) in [6, 6.07) is 4.95. The standard InChI is InChI=1S/C12H14O6/c1-17-9-5-3-4-8(10(9)18-2)6-7-12(15,16)11(13)14/h3-7,15-16H,1-2H3,(H,13,14). The lowest BCUT2D eigenvalue weighted by molar-refractivity contribution is -0.186. The molecule has 0 saturated heterocycles. The van der Waals surface area contributed by atoms with Crippen molar-refractivity contribution in [2.75, 3.05) is 14.2 Å². The molecule has 0 aromatic heterocycles. The first-order chi connectivity index (χ1) is 8.42. The maximum Gasteiger partial charge on any atom is 0.368 e. The van der Waals surface area contributed by atoms with Crippen LogP contribution in [0.25, 0.3) is 6.08 Å². The summed E-state index contributed by atoms with van der Waals surface area (Å²) < 4.78 is 10.2. The van der Waals surface area contributed by atoms with Crippen LogP contribution in [0.15, 0.2) is 24.3 Å². The van der Waals surface area contributed by atoms with E-state index in [2.05, 4.69) is 0 Å². The van der Waals surface area contributed by atoms with E-state index in [1.807, 2.05) is 0 Å². The normalized spacial score (nSPS) is 11.6. The maximum atomic E-state index is 10.5. The van der Waals surface area contributed by atoms with Gasteiger partial charge in [0.25, 0.3) is 5.79 Å². The third kappa shape index (κ3) is 2.99. The van der Waals surface area contributed by atoms with Gasteiger partial charge in [0.15, 0.2) is 11.5 Å². The highest BCUT2D eigenvalue weighted by molar-refractivity contribution is 5.79. The molecule has 0 aliphatic rings. The van der Waals surface area contributed by atoms with Gasteiger partial charge in [-0.05, 0) is 18.2 Å². The van der Waals surface area contributed by atoms with Crippen molar-refractivity contribution in [3.05, 3.63) is 29.8 Å². The summed E-state index contributed by atoms with van der Waals surface area (Å²) in [6.45, 7) is 0. The third-order valence-corrected chi connectivity index (χ3v) is 2.24. The topological polar surface area (TPSA) is 96.2 Å². The Bertz CT molecular complexity index is 464. The summed E-state index contributed by atoms with van der Waals surface area (Å²) in [5.41, 5.74) is 0.463. The molecule has 1 rings (SSSR count). The van der Waals surface area contributed by atoms with Crippen LogP contribution in [-0.4, -0.2) is 41.3 Å². The number of para-hydroxylation sites is 1. The van der Waals surface area contributed by atoms with Crippen molar-refractivity contribution in [2.45, 2.75) is 5.79 Å². The zero-order valence-corrected chi connectivity index (χ0v) is 9.95. The molecule has 0 radical (unpaired) electrons. The van der Waals surface area contributed by atoms with Crippen molar-refractivity contribution in [1.29, 1.82) is 0 Å². The fourth-order valence-electron chi connectivity index (χ4n) is 1.32. The van der Waals surface area contributed by atoms with Crippen LogP contribution in [0.2, 0.25) is 0 Å². The van der Waals surface area contributed by atoms with Crippen LogP contribution in [0.1, 0.15) is 5.56 Å². The molecule has 6 heteroatoms. The Labute approximate surface area is 104 Å². The quantitative estimate of drug-likeness (QED) is 0.661. The first kappa shape index (κ1) is 14.0. The molecule has 0 heterocycles. The first-order valence-corrected chi connectivity index (χ1v) is 5.00. The van der Waals surface area contributed by atoms with E-state index in [0.717, 1.165) is 6.08 Å². The van der Waals surface area contributed by atoms with Gasteiger partial charge in [-0.25, -0.2) is 4.79 Å². The second-order valence-electron chi connectivity index (χ2n) is 3.45. The molecule has 0 amide bonds. The monoisotopic (exact) mass is 254 g/mol. The Hall–Kier alpha value is -2.05. The molecule has 0 aliphatic heterocycles. The lowest BCUT2D eigenvalue weighted by Crippen LogP contribution is -2.35. The SMILES string of the molecule is COc1cccc(C=CC(O)(O)C(=O)O)c1OC. The van der Waals surface area contributed by atoms with Crippen LogP contribution >= 0.6 is 0 Å². The summed E-state index contributed by atoms with van der Waals surface area (Å²) in [7, 11) is 2.89. The number of hydrogen-bond acceptors (Lipinski definition) is 5. The van der Waals surface area contributed by atoms with Gasteiger partial charge in [0.05, 0.1) is 14.2 Å². The molecule has 3 N–H and O–H groups in total. The summed E-state index contributed by atoms with van der Waals surface area (Å²) in [5, 5.41) is 26.8. The number of carbonyl (C=O) groups is 1. The van der Waals surface area contributed by atoms with Crippen LogP contribution in [0.4, 0.5) is 0 Å². The molecule has 0 saturated carbocycles. The lowest BCUT2D eigenvalue weighted by Gasteiger charge is -2.12. The van der Waals surface area contributed by atoms with E-state index < -0.39 is 11.8 Å². The number of ether oxygens (including phenoxy) is 2. The Morgan fingerprint density at radius 1 is 1.28 bits per heavy atom. The number of rotatable bonds is 5. The lowest BCUT2D eigenvalue weighted by atomic mass is 10.1. The molecule has 0 atom stereocenters. The number of hydrogen-bond donors (Lipinski definition) is 3. The third-order valence-electron chi connectivity index (χ3n) is 2.24. The number of aliphatic hydroxyl groups is 2. The zero-order valence-electron chi connectivity index (χ0n) is 9.95. The van der Waals surface area contributed by atoms with Crippen molar-refractivity contribution in [3.63, 3.8) is 0 Å². The molecule has 1 aromatic carbocycles. The molecule has 0 unspecified atom stereocenters. The van der Waals surface area contributed by atoms with Gasteiger partial charge in [-0.2, -0.15) is 0 Å². The zero-order chi connectivity index (χ0) is 13.8. The second-order valence-corrected chi connectivity index (χ2v) is 3.45. The number of carboxylic acids is 1. The average Bonchev–Trinajstić information content (AvgIpc) is 2.35. The molecular weight excluding hydrogens is 240 g/mol. The van der Waals surface area contributed by atoms with Crippen molar-refractivity contribution in [3.8, 4) is 11.5 Å². The largest absolute Gasteiger partial charge is 0.493 e. The predicted molar refractivity (Wildman–Crippen MR) is 63.4 cm³/mol. The minimum Gasteiger partial charge on any atom is -0.493 e. The Morgan fingerprint density at radius 2 is 1.94 bits per heavy atom. The number of benzene rings is 1. The summed E-state index contributed by atoms with van der Waals surface area (Å²) in [6.07, 6.45) is 1.97. The van der Waals surface area contributed by atoms with Gasteiger partial charge in [0.2, 0.25) is 0 Å². The van der Waals surface area contributed by atoms with Crippen LogP contribution in [0, 0.1) is 0 Å². The van der Waals surface area contributed by atoms with Crippen LogP contribution in [0.3, 0.4) is 0 Å². The van der Waals surface area contributed by atoms with Gasteiger partial charge in [0.1, 0.15) is 0 Å². The highest BCUT2D eigenvalue weighted by atomic mass is 16.5. The van der Waals surface area contributed by atoms with Gasteiger partial charge in [-0.1, -0.05) is 12.1 Å². The van der Waals surface area contributed by atoms with Crippen molar-refractivity contribution < 1.29 is 29.6 Å². The first-order valence-electron chi connectivity index (χ1n) is 5.00. The van der Waals surface area contributed by atoms with Gasteiger partial charge in [-0.3, -0.25) is 0 Å². The summed E-state index contributed by atoms with van der Waals surface area (Å²) >= 11 is 0. The average molecular weight is 254 g/mol. The molecule has 0 fully saturated rings. The second kappa shape index (κ2) is 5.52. The fraction of sp³-hybridized carbons (Fsp3) is 0.250. The highest BCUT2D eigenvalue weighted by Crippen LogP contribution is 2.31. The van der Waals surface area contributed by atoms with E-state index in [1.54, 1.807) is 18.2 Å². The van der Waals surface area contributed by atoms with E-state index in [1.165, 1.54) is 20.3 Å². The Kier molecular flexibility index (Phi) is 4.30. The van der Waals surface area contributed by atoms with Crippen molar-refractivity contribution in [2.24, 2.45) is 0 Å². The molecule has 1 aromatic rings. The van der Waals surface area contributed by atoms with Crippen LogP contribution < -0.4 is 9.47 Å². The van der Waals surface area contributed by atoms with Crippen LogP contribution in [0.5, 0.6) is 11.5 Å². The van der Waals surface area contributed by atoms with Gasteiger partial charge < -0.3 is 24.8 Å². The Balaban J connectivity index is 3.12. The fourth-order valence-corrected chi connectivity index (χ4v) is 1.32.